The van der Waals surface area contributed by atoms with E-state index in [2.05, 4.69) is 15.0 Å². The van der Waals surface area contributed by atoms with Gasteiger partial charge < -0.3 is 14.4 Å². The molecule has 1 amide bonds. The summed E-state index contributed by atoms with van der Waals surface area (Å²) >= 11 is 6.37. The third-order valence-corrected chi connectivity index (χ3v) is 5.95. The Morgan fingerprint density at radius 2 is 1.70 bits per heavy atom. The van der Waals surface area contributed by atoms with Crippen molar-refractivity contribution in [2.75, 3.05) is 13.1 Å². The minimum atomic E-state index is -4.45. The van der Waals surface area contributed by atoms with Gasteiger partial charge in [-0.1, -0.05) is 23.7 Å². The number of ether oxygens (including phenoxy) is 2. The average molecular weight is 535 g/mol. The smallest absolute Gasteiger partial charge is 0.416 e. The van der Waals surface area contributed by atoms with Crippen LogP contribution in [0.5, 0.6) is 5.88 Å². The topological polar surface area (TPSA) is 77.4 Å². The Labute approximate surface area is 217 Å². The van der Waals surface area contributed by atoms with Gasteiger partial charge in [0.25, 0.3) is 0 Å². The van der Waals surface area contributed by atoms with E-state index in [0.717, 1.165) is 12.1 Å². The van der Waals surface area contributed by atoms with Crippen LogP contribution in [-0.4, -0.2) is 50.7 Å². The van der Waals surface area contributed by atoms with Gasteiger partial charge in [0.05, 0.1) is 22.5 Å². The van der Waals surface area contributed by atoms with Crippen LogP contribution in [0.3, 0.4) is 0 Å². The van der Waals surface area contributed by atoms with E-state index in [0.29, 0.717) is 53.5 Å². The summed E-state index contributed by atoms with van der Waals surface area (Å²) in [7, 11) is 0. The minimum Gasteiger partial charge on any atom is -0.473 e. The summed E-state index contributed by atoms with van der Waals surface area (Å²) in [6.07, 6.45) is 0.574. The van der Waals surface area contributed by atoms with Crippen molar-refractivity contribution in [1.29, 1.82) is 0 Å². The SMILES string of the molecule is CC(C)(C)OC(=O)N1CCC(Oc2cnc(-c3ccc(C(F)(F)F)cc3)c(-c3ccncc3Cl)n2)CC1. The number of hydrogen-bond acceptors (Lipinski definition) is 6. The van der Waals surface area contributed by atoms with Crippen LogP contribution in [0.4, 0.5) is 18.0 Å². The van der Waals surface area contributed by atoms with E-state index in [-0.39, 0.29) is 18.1 Å². The van der Waals surface area contributed by atoms with E-state index in [1.165, 1.54) is 24.5 Å². The highest BCUT2D eigenvalue weighted by atomic mass is 35.5. The fraction of sp³-hybridized carbons (Fsp3) is 0.385. The molecule has 11 heteroatoms. The molecule has 0 radical (unpaired) electrons. The van der Waals surface area contributed by atoms with Gasteiger partial charge in [0.15, 0.2) is 0 Å². The number of carbonyl (C=O) groups excluding carboxylic acids is 1. The van der Waals surface area contributed by atoms with E-state index in [4.69, 9.17) is 21.1 Å². The zero-order valence-electron chi connectivity index (χ0n) is 20.6. The molecule has 0 spiro atoms. The molecule has 0 N–H and O–H groups in total. The Morgan fingerprint density at radius 3 is 2.30 bits per heavy atom. The number of piperidine rings is 1. The van der Waals surface area contributed by atoms with Gasteiger partial charge in [-0.2, -0.15) is 13.2 Å². The lowest BCUT2D eigenvalue weighted by molar-refractivity contribution is -0.137. The summed E-state index contributed by atoms with van der Waals surface area (Å²) in [5.74, 6) is 0.245. The average Bonchev–Trinajstić information content (AvgIpc) is 2.83. The highest BCUT2D eigenvalue weighted by molar-refractivity contribution is 6.33. The number of amides is 1. The predicted molar refractivity (Wildman–Crippen MR) is 132 cm³/mol. The molecule has 2 aromatic heterocycles. The molecule has 1 fully saturated rings. The first kappa shape index (κ1) is 26.7. The van der Waals surface area contributed by atoms with Crippen molar-refractivity contribution in [2.24, 2.45) is 0 Å². The molecule has 0 unspecified atom stereocenters. The normalized spacial score (nSPS) is 14.9. The van der Waals surface area contributed by atoms with Crippen molar-refractivity contribution in [3.8, 4) is 28.4 Å². The zero-order chi connectivity index (χ0) is 26.8. The molecule has 1 aliphatic heterocycles. The van der Waals surface area contributed by atoms with Crippen molar-refractivity contribution < 1.29 is 27.4 Å². The van der Waals surface area contributed by atoms with Crippen LogP contribution in [0.15, 0.2) is 48.9 Å². The molecular weight excluding hydrogens is 509 g/mol. The number of nitrogens with zero attached hydrogens (tertiary/aromatic N) is 4. The van der Waals surface area contributed by atoms with E-state index in [9.17, 15) is 18.0 Å². The summed E-state index contributed by atoms with van der Waals surface area (Å²) < 4.78 is 50.6. The highest BCUT2D eigenvalue weighted by Gasteiger charge is 2.31. The lowest BCUT2D eigenvalue weighted by atomic mass is 10.0. The number of benzene rings is 1. The van der Waals surface area contributed by atoms with Gasteiger partial charge in [0.1, 0.15) is 17.4 Å². The standard InChI is InChI=1S/C26H26ClF3N4O3/c1-25(2,3)37-24(35)34-12-9-18(10-13-34)36-21-15-32-22(16-4-6-17(7-5-16)26(28,29)30)23(33-21)19-8-11-31-14-20(19)27/h4-8,11,14-15,18H,9-10,12-13H2,1-3H3. The molecule has 3 heterocycles. The van der Waals surface area contributed by atoms with Crippen LogP contribution in [0.2, 0.25) is 5.02 Å². The molecule has 0 saturated carbocycles. The second-order valence-electron chi connectivity index (χ2n) is 9.62. The summed E-state index contributed by atoms with van der Waals surface area (Å²) in [5, 5.41) is 0.313. The number of carbonyl (C=O) groups is 1. The molecule has 196 valence electrons. The van der Waals surface area contributed by atoms with E-state index in [1.54, 1.807) is 17.2 Å². The Bertz CT molecular complexity index is 1260. The minimum absolute atomic E-state index is 0.203. The summed E-state index contributed by atoms with van der Waals surface area (Å²) in [6.45, 7) is 6.40. The third kappa shape index (κ3) is 6.68. The Hall–Kier alpha value is -3.40. The van der Waals surface area contributed by atoms with E-state index < -0.39 is 17.3 Å². The maximum Gasteiger partial charge on any atom is 0.416 e. The van der Waals surface area contributed by atoms with Crippen molar-refractivity contribution in [3.63, 3.8) is 0 Å². The van der Waals surface area contributed by atoms with Crippen molar-refractivity contribution in [3.05, 3.63) is 59.5 Å². The molecule has 7 nitrogen and oxygen atoms in total. The quantitative estimate of drug-likeness (QED) is 0.372. The number of alkyl halides is 3. The second kappa shape index (κ2) is 10.5. The number of rotatable bonds is 4. The number of pyridine rings is 1. The van der Waals surface area contributed by atoms with Gasteiger partial charge in [-0.15, -0.1) is 0 Å². The van der Waals surface area contributed by atoms with Gasteiger partial charge in [-0.3, -0.25) is 4.98 Å². The van der Waals surface area contributed by atoms with Gasteiger partial charge in [0.2, 0.25) is 5.88 Å². The van der Waals surface area contributed by atoms with Crippen LogP contribution in [-0.2, 0) is 10.9 Å². The molecule has 0 atom stereocenters. The lowest BCUT2D eigenvalue weighted by Gasteiger charge is -2.33. The van der Waals surface area contributed by atoms with Gasteiger partial charge in [-0.05, 0) is 39.0 Å². The Kier molecular flexibility index (Phi) is 7.59. The third-order valence-electron chi connectivity index (χ3n) is 5.64. The van der Waals surface area contributed by atoms with Gasteiger partial charge >= 0.3 is 12.3 Å². The maximum absolute atomic E-state index is 13.0. The van der Waals surface area contributed by atoms with Crippen LogP contribution in [0, 0.1) is 0 Å². The molecule has 1 aliphatic rings. The first-order valence-electron chi connectivity index (χ1n) is 11.7. The Morgan fingerprint density at radius 1 is 1.03 bits per heavy atom. The van der Waals surface area contributed by atoms with Crippen LogP contribution in [0.1, 0.15) is 39.2 Å². The van der Waals surface area contributed by atoms with Crippen molar-refractivity contribution in [1.82, 2.24) is 19.9 Å². The largest absolute Gasteiger partial charge is 0.473 e. The first-order valence-corrected chi connectivity index (χ1v) is 12.1. The fourth-order valence-electron chi connectivity index (χ4n) is 3.87. The first-order chi connectivity index (χ1) is 17.4. The van der Waals surface area contributed by atoms with E-state index in [1.807, 2.05) is 20.8 Å². The van der Waals surface area contributed by atoms with Gasteiger partial charge in [-0.25, -0.2) is 14.8 Å². The monoisotopic (exact) mass is 534 g/mol. The van der Waals surface area contributed by atoms with Crippen molar-refractivity contribution in [2.45, 2.75) is 51.5 Å². The second-order valence-corrected chi connectivity index (χ2v) is 10.0. The summed E-state index contributed by atoms with van der Waals surface area (Å²) in [4.78, 5) is 27.1. The number of hydrogen-bond donors (Lipinski definition) is 0. The van der Waals surface area contributed by atoms with Crippen molar-refractivity contribution >= 4 is 17.7 Å². The number of aromatic nitrogens is 3. The number of halogens is 4. The summed E-state index contributed by atoms with van der Waals surface area (Å²) in [6, 6.07) is 6.34. The molecule has 1 aromatic carbocycles. The van der Waals surface area contributed by atoms with Crippen LogP contribution in [0.25, 0.3) is 22.5 Å². The number of likely N-dealkylation sites (tertiary alicyclic amines) is 1. The molecule has 0 bridgehead atoms. The fourth-order valence-corrected chi connectivity index (χ4v) is 4.08. The predicted octanol–water partition coefficient (Wildman–Crippen LogP) is 6.66. The molecule has 37 heavy (non-hydrogen) atoms. The molecule has 4 rings (SSSR count). The maximum atomic E-state index is 13.0. The van der Waals surface area contributed by atoms with E-state index >= 15 is 0 Å². The molecule has 0 aliphatic carbocycles. The summed E-state index contributed by atoms with van der Waals surface area (Å²) in [5.41, 5.74) is 0.347. The molecule has 1 saturated heterocycles. The Balaban J connectivity index is 1.56. The van der Waals surface area contributed by atoms with Gasteiger partial charge in [0, 0.05) is 49.5 Å². The van der Waals surface area contributed by atoms with Crippen LogP contribution < -0.4 is 4.74 Å². The highest BCUT2D eigenvalue weighted by Crippen LogP contribution is 2.36. The van der Waals surface area contributed by atoms with Crippen LogP contribution >= 0.6 is 11.6 Å². The zero-order valence-corrected chi connectivity index (χ0v) is 21.3. The lowest BCUT2D eigenvalue weighted by Crippen LogP contribution is -2.44. The molecular formula is C26H26ClF3N4O3. The molecule has 3 aromatic rings.